The number of carbonyl (C=O) groups is 1. The third kappa shape index (κ3) is 4.38. The van der Waals surface area contributed by atoms with E-state index in [2.05, 4.69) is 0 Å². The van der Waals surface area contributed by atoms with Gasteiger partial charge in [0.2, 0.25) is 6.10 Å². The molecule has 2 atom stereocenters. The van der Waals surface area contributed by atoms with E-state index in [1.807, 2.05) is 55.4 Å². The first-order chi connectivity index (χ1) is 14.3. The number of para-hydroxylation sites is 2. The Morgan fingerprint density at radius 1 is 1.07 bits per heavy atom. The largest absolute Gasteiger partial charge is 0.485 e. The quantitative estimate of drug-likeness (QED) is 0.723. The zero-order valence-corrected chi connectivity index (χ0v) is 18.0. The monoisotopic (exact) mass is 430 g/mol. The minimum Gasteiger partial charge on any atom is -0.485 e. The number of nitrogens with zero attached hydrogens (tertiary/aromatic N) is 2. The average molecular weight is 431 g/mol. The highest BCUT2D eigenvalue weighted by atomic mass is 32.2. The highest BCUT2D eigenvalue weighted by Crippen LogP contribution is 2.32. The van der Waals surface area contributed by atoms with Gasteiger partial charge in [0.1, 0.15) is 6.61 Å². The van der Waals surface area contributed by atoms with Crippen molar-refractivity contribution in [1.29, 1.82) is 0 Å². The average Bonchev–Trinajstić information content (AvgIpc) is 3.11. The zero-order chi connectivity index (χ0) is 21.3. The molecule has 8 heteroatoms. The molecule has 160 valence electrons. The number of sulfone groups is 1. The fourth-order valence-corrected chi connectivity index (χ4v) is 5.56. The van der Waals surface area contributed by atoms with Gasteiger partial charge in [-0.2, -0.15) is 0 Å². The highest BCUT2D eigenvalue weighted by molar-refractivity contribution is 7.91. The summed E-state index contributed by atoms with van der Waals surface area (Å²) in [6.07, 6.45) is -0.363. The lowest BCUT2D eigenvalue weighted by Gasteiger charge is -2.34. The van der Waals surface area contributed by atoms with Crippen molar-refractivity contribution in [1.82, 2.24) is 4.90 Å². The molecule has 0 N–H and O–H groups in total. The molecule has 0 saturated carbocycles. The van der Waals surface area contributed by atoms with Crippen molar-refractivity contribution < 1.29 is 22.7 Å². The number of anilines is 1. The second-order valence-electron chi connectivity index (χ2n) is 7.95. The summed E-state index contributed by atoms with van der Waals surface area (Å²) in [5.74, 6) is 0.973. The van der Waals surface area contributed by atoms with Gasteiger partial charge in [-0.25, -0.2) is 8.42 Å². The maximum Gasteiger partial charge on any atom is 0.267 e. The highest BCUT2D eigenvalue weighted by Gasteiger charge is 2.39. The lowest BCUT2D eigenvalue weighted by Crippen LogP contribution is -2.50. The molecule has 2 aromatic carbocycles. The van der Waals surface area contributed by atoms with Crippen LogP contribution in [0.1, 0.15) is 12.0 Å². The van der Waals surface area contributed by atoms with Crippen LogP contribution in [0.4, 0.5) is 5.69 Å². The summed E-state index contributed by atoms with van der Waals surface area (Å²) in [4.78, 5) is 17.1. The van der Waals surface area contributed by atoms with Crippen molar-refractivity contribution in [3.8, 4) is 11.5 Å². The number of fused-ring (bicyclic) bond motifs is 1. The van der Waals surface area contributed by atoms with Crippen LogP contribution in [0, 0.1) is 0 Å². The standard InChI is InChI=1S/C22H26N2O5S/c1-23(2)17-9-7-16(8-10-17)13-24(18-11-12-30(26,27)15-18)22(25)21-14-28-19-5-3-4-6-20(19)29-21/h3-10,18,21H,11-15H2,1-2H3/t18-,21-/m1/s1. The summed E-state index contributed by atoms with van der Waals surface area (Å²) >= 11 is 0. The Labute approximate surface area is 177 Å². The van der Waals surface area contributed by atoms with E-state index in [-0.39, 0.29) is 30.1 Å². The predicted octanol–water partition coefficient (Wildman–Crippen LogP) is 2.11. The van der Waals surface area contributed by atoms with Gasteiger partial charge in [0, 0.05) is 32.4 Å². The number of amides is 1. The molecular formula is C22H26N2O5S. The Hall–Kier alpha value is -2.74. The normalized spacial score (nSPS) is 21.8. The number of ether oxygens (including phenoxy) is 2. The molecular weight excluding hydrogens is 404 g/mol. The number of benzene rings is 2. The third-order valence-electron chi connectivity index (χ3n) is 5.52. The van der Waals surface area contributed by atoms with Crippen LogP contribution in [0.25, 0.3) is 0 Å². The van der Waals surface area contributed by atoms with E-state index in [0.29, 0.717) is 24.5 Å². The Kier molecular flexibility index (Phi) is 5.60. The van der Waals surface area contributed by atoms with Gasteiger partial charge in [-0.3, -0.25) is 4.79 Å². The molecule has 0 radical (unpaired) electrons. The zero-order valence-electron chi connectivity index (χ0n) is 17.2. The van der Waals surface area contributed by atoms with Crippen LogP contribution in [0.5, 0.6) is 11.5 Å². The van der Waals surface area contributed by atoms with Gasteiger partial charge in [-0.1, -0.05) is 24.3 Å². The van der Waals surface area contributed by atoms with Gasteiger partial charge >= 0.3 is 0 Å². The minimum absolute atomic E-state index is 0.0152. The summed E-state index contributed by atoms with van der Waals surface area (Å²) in [5, 5.41) is 0. The van der Waals surface area contributed by atoms with Gasteiger partial charge in [-0.05, 0) is 36.2 Å². The van der Waals surface area contributed by atoms with Crippen molar-refractivity contribution >= 4 is 21.4 Å². The smallest absolute Gasteiger partial charge is 0.267 e. The summed E-state index contributed by atoms with van der Waals surface area (Å²) in [7, 11) is 0.793. The van der Waals surface area contributed by atoms with E-state index < -0.39 is 15.9 Å². The summed E-state index contributed by atoms with van der Waals surface area (Å²) in [6, 6.07) is 14.8. The van der Waals surface area contributed by atoms with Crippen LogP contribution < -0.4 is 14.4 Å². The lowest BCUT2D eigenvalue weighted by atomic mass is 10.1. The van der Waals surface area contributed by atoms with Crippen LogP contribution >= 0.6 is 0 Å². The summed E-state index contributed by atoms with van der Waals surface area (Å²) in [5.41, 5.74) is 2.00. The van der Waals surface area contributed by atoms with E-state index in [9.17, 15) is 13.2 Å². The third-order valence-corrected chi connectivity index (χ3v) is 7.27. The SMILES string of the molecule is CN(C)c1ccc(CN(C(=O)[C@H]2COc3ccccc3O2)[C@@H]2CCS(=O)(=O)C2)cc1. The molecule has 0 unspecified atom stereocenters. The van der Waals surface area contributed by atoms with Crippen LogP contribution in [0.15, 0.2) is 48.5 Å². The Balaban J connectivity index is 1.56. The molecule has 0 aromatic heterocycles. The molecule has 2 aliphatic heterocycles. The van der Waals surface area contributed by atoms with E-state index in [0.717, 1.165) is 11.3 Å². The fourth-order valence-electron chi connectivity index (χ4n) is 3.83. The molecule has 0 spiro atoms. The molecule has 1 amide bonds. The number of hydrogen-bond donors (Lipinski definition) is 0. The number of rotatable bonds is 5. The van der Waals surface area contributed by atoms with Crippen LogP contribution in [0.3, 0.4) is 0 Å². The van der Waals surface area contributed by atoms with E-state index >= 15 is 0 Å². The predicted molar refractivity (Wildman–Crippen MR) is 115 cm³/mol. The minimum atomic E-state index is -3.14. The summed E-state index contributed by atoms with van der Waals surface area (Å²) in [6.45, 7) is 0.430. The Morgan fingerprint density at radius 2 is 1.77 bits per heavy atom. The van der Waals surface area contributed by atoms with Crippen LogP contribution in [-0.2, 0) is 21.2 Å². The van der Waals surface area contributed by atoms with Gasteiger partial charge in [0.25, 0.3) is 5.91 Å². The van der Waals surface area contributed by atoms with Crippen LogP contribution in [-0.4, -0.2) is 63.6 Å². The molecule has 30 heavy (non-hydrogen) atoms. The van der Waals surface area contributed by atoms with Crippen molar-refractivity contribution in [2.75, 3.05) is 37.1 Å². The van der Waals surface area contributed by atoms with Crippen molar-refractivity contribution in [2.24, 2.45) is 0 Å². The van der Waals surface area contributed by atoms with E-state index in [1.54, 1.807) is 17.0 Å². The van der Waals surface area contributed by atoms with Crippen molar-refractivity contribution in [3.05, 3.63) is 54.1 Å². The maximum absolute atomic E-state index is 13.4. The fraction of sp³-hybridized carbons (Fsp3) is 0.409. The van der Waals surface area contributed by atoms with Gasteiger partial charge in [0.15, 0.2) is 21.3 Å². The molecule has 1 saturated heterocycles. The molecule has 2 aromatic rings. The molecule has 0 bridgehead atoms. The molecule has 0 aliphatic carbocycles. The van der Waals surface area contributed by atoms with Crippen molar-refractivity contribution in [3.63, 3.8) is 0 Å². The Bertz CT molecular complexity index is 1020. The Morgan fingerprint density at radius 3 is 2.40 bits per heavy atom. The van der Waals surface area contributed by atoms with Gasteiger partial charge in [-0.15, -0.1) is 0 Å². The van der Waals surface area contributed by atoms with Gasteiger partial charge in [0.05, 0.1) is 11.5 Å². The lowest BCUT2D eigenvalue weighted by molar-refractivity contribution is -0.143. The second kappa shape index (κ2) is 8.18. The van der Waals surface area contributed by atoms with E-state index in [1.165, 1.54) is 0 Å². The molecule has 2 aliphatic rings. The van der Waals surface area contributed by atoms with Gasteiger partial charge < -0.3 is 19.3 Å². The summed E-state index contributed by atoms with van der Waals surface area (Å²) < 4.78 is 35.8. The molecule has 7 nitrogen and oxygen atoms in total. The first kappa shape index (κ1) is 20.5. The topological polar surface area (TPSA) is 76.2 Å². The van der Waals surface area contributed by atoms with Crippen molar-refractivity contribution in [2.45, 2.75) is 25.1 Å². The molecule has 2 heterocycles. The second-order valence-corrected chi connectivity index (χ2v) is 10.2. The van der Waals surface area contributed by atoms with Crippen LogP contribution in [0.2, 0.25) is 0 Å². The first-order valence-corrected chi connectivity index (χ1v) is 11.8. The number of hydrogen-bond acceptors (Lipinski definition) is 6. The van der Waals surface area contributed by atoms with E-state index in [4.69, 9.17) is 9.47 Å². The first-order valence-electron chi connectivity index (χ1n) is 9.98. The maximum atomic E-state index is 13.4. The molecule has 4 rings (SSSR count). The number of carbonyl (C=O) groups excluding carboxylic acids is 1. The molecule has 1 fully saturated rings.